The molecule has 192 valence electrons. The predicted molar refractivity (Wildman–Crippen MR) is 134 cm³/mol. The van der Waals surface area contributed by atoms with Crippen LogP contribution < -0.4 is 15.0 Å². The van der Waals surface area contributed by atoms with E-state index >= 15 is 0 Å². The molecule has 0 atom stereocenters. The highest BCUT2D eigenvalue weighted by atomic mass is 16.5. The lowest BCUT2D eigenvalue weighted by Crippen LogP contribution is -2.40. The number of hydrogen-bond donors (Lipinski definition) is 1. The molecular formula is C27H32N2O7. The van der Waals surface area contributed by atoms with Crippen LogP contribution in [0.4, 0.5) is 5.69 Å². The number of carbonyl (C=O) groups excluding carboxylic acids is 3. The van der Waals surface area contributed by atoms with E-state index in [1.807, 2.05) is 24.3 Å². The van der Waals surface area contributed by atoms with E-state index in [2.05, 4.69) is 26.1 Å². The number of esters is 2. The van der Waals surface area contributed by atoms with Crippen LogP contribution in [0.5, 0.6) is 5.75 Å². The number of anilines is 1. The van der Waals surface area contributed by atoms with Crippen LogP contribution in [0, 0.1) is 0 Å². The Bertz CT molecular complexity index is 1130. The van der Waals surface area contributed by atoms with Gasteiger partial charge in [0.2, 0.25) is 0 Å². The Kier molecular flexibility index (Phi) is 8.71. The van der Waals surface area contributed by atoms with Gasteiger partial charge in [-0.15, -0.1) is 0 Å². The Labute approximate surface area is 211 Å². The Balaban J connectivity index is 1.72. The van der Waals surface area contributed by atoms with Crippen molar-refractivity contribution in [2.45, 2.75) is 26.2 Å². The second-order valence-corrected chi connectivity index (χ2v) is 9.11. The van der Waals surface area contributed by atoms with E-state index in [4.69, 9.17) is 18.9 Å². The monoisotopic (exact) mass is 496 g/mol. The smallest absolute Gasteiger partial charge is 0.355 e. The number of carbonyl (C=O) groups is 3. The first-order valence-electron chi connectivity index (χ1n) is 11.5. The Morgan fingerprint density at radius 1 is 0.972 bits per heavy atom. The summed E-state index contributed by atoms with van der Waals surface area (Å²) in [6, 6.07) is 14.6. The minimum Gasteiger partial charge on any atom is -0.492 e. The first-order chi connectivity index (χ1) is 17.2. The molecule has 0 bridgehead atoms. The average molecular weight is 497 g/mol. The molecule has 1 N–H and O–H groups in total. The first-order valence-corrected chi connectivity index (χ1v) is 11.5. The summed E-state index contributed by atoms with van der Waals surface area (Å²) >= 11 is 0. The van der Waals surface area contributed by atoms with Crippen molar-refractivity contribution in [3.8, 4) is 5.75 Å². The number of hydrogen-bond acceptors (Lipinski definition) is 8. The van der Waals surface area contributed by atoms with Crippen molar-refractivity contribution in [1.29, 1.82) is 0 Å². The van der Waals surface area contributed by atoms with Crippen LogP contribution in [0.15, 0.2) is 59.8 Å². The van der Waals surface area contributed by atoms with Gasteiger partial charge in [0.15, 0.2) is 0 Å². The molecule has 1 aliphatic rings. The molecule has 0 aliphatic carbocycles. The molecule has 9 nitrogen and oxygen atoms in total. The lowest BCUT2D eigenvalue weighted by atomic mass is 9.87. The summed E-state index contributed by atoms with van der Waals surface area (Å²) in [5.41, 5.74) is 1.92. The molecule has 1 amide bonds. The largest absolute Gasteiger partial charge is 0.492 e. The van der Waals surface area contributed by atoms with E-state index in [1.54, 1.807) is 24.3 Å². The number of nitrogens with zero attached hydrogens (tertiary/aromatic N) is 1. The third-order valence-corrected chi connectivity index (χ3v) is 5.65. The van der Waals surface area contributed by atoms with Gasteiger partial charge in [0, 0.05) is 0 Å². The van der Waals surface area contributed by atoms with Crippen LogP contribution in [0.25, 0.3) is 0 Å². The van der Waals surface area contributed by atoms with Crippen LogP contribution in [0.3, 0.4) is 0 Å². The fourth-order valence-corrected chi connectivity index (χ4v) is 3.71. The molecule has 0 saturated carbocycles. The van der Waals surface area contributed by atoms with Crippen molar-refractivity contribution >= 4 is 23.5 Å². The molecule has 1 heterocycles. The highest BCUT2D eigenvalue weighted by Crippen LogP contribution is 2.29. The van der Waals surface area contributed by atoms with E-state index < -0.39 is 11.9 Å². The molecule has 0 aromatic heterocycles. The number of para-hydroxylation sites is 1. The number of nitrogens with one attached hydrogen (secondary N) is 1. The van der Waals surface area contributed by atoms with Crippen LogP contribution >= 0.6 is 0 Å². The number of methoxy groups -OCH3 is 2. The molecule has 1 aliphatic heterocycles. The summed E-state index contributed by atoms with van der Waals surface area (Å²) in [5.74, 6) is -1.10. The zero-order valence-electron chi connectivity index (χ0n) is 21.3. The Morgan fingerprint density at radius 2 is 1.64 bits per heavy atom. The lowest BCUT2D eigenvalue weighted by Gasteiger charge is -2.32. The fraction of sp³-hybridized carbons (Fsp3) is 0.370. The van der Waals surface area contributed by atoms with Crippen molar-refractivity contribution in [2.75, 3.05) is 45.6 Å². The molecule has 3 rings (SSSR count). The van der Waals surface area contributed by atoms with Gasteiger partial charge in [0.1, 0.15) is 24.8 Å². The molecule has 2 aromatic carbocycles. The van der Waals surface area contributed by atoms with E-state index in [9.17, 15) is 14.4 Å². The summed E-state index contributed by atoms with van der Waals surface area (Å²) in [7, 11) is 2.43. The van der Waals surface area contributed by atoms with Gasteiger partial charge in [-0.05, 0) is 35.2 Å². The molecular weight excluding hydrogens is 464 g/mol. The maximum atomic E-state index is 13.0. The van der Waals surface area contributed by atoms with Gasteiger partial charge in [-0.2, -0.15) is 0 Å². The molecule has 36 heavy (non-hydrogen) atoms. The van der Waals surface area contributed by atoms with Gasteiger partial charge in [-0.25, -0.2) is 9.59 Å². The standard InChI is InChI=1S/C27H32N2O7/c1-27(2,3)18-10-12-19(13-11-18)36-15-14-28-24(30)20-8-6-7-9-22(20)29-17-35-16-21(25(31)33-4)23(29)26(32)34-5/h6-13H,14-17H2,1-5H3,(H,28,30). The summed E-state index contributed by atoms with van der Waals surface area (Å²) in [6.07, 6.45) is 0. The SMILES string of the molecule is COC(=O)C1=C(C(=O)OC)N(c2ccccc2C(=O)NCCOc2ccc(C(C)(C)C)cc2)COC1. The Hall–Kier alpha value is -3.85. The highest BCUT2D eigenvalue weighted by molar-refractivity contribution is 6.06. The number of ether oxygens (including phenoxy) is 4. The molecule has 2 aromatic rings. The average Bonchev–Trinajstić information content (AvgIpc) is 2.89. The number of amides is 1. The summed E-state index contributed by atoms with van der Waals surface area (Å²) in [4.78, 5) is 39.3. The van der Waals surface area contributed by atoms with Gasteiger partial charge < -0.3 is 29.2 Å². The topological polar surface area (TPSA) is 103 Å². The third kappa shape index (κ3) is 6.23. The number of benzene rings is 2. The van der Waals surface area contributed by atoms with E-state index in [0.717, 1.165) is 0 Å². The fourth-order valence-electron chi connectivity index (χ4n) is 3.71. The van der Waals surface area contributed by atoms with Crippen LogP contribution in [0.1, 0.15) is 36.7 Å². The quantitative estimate of drug-likeness (QED) is 0.439. The van der Waals surface area contributed by atoms with E-state index in [-0.39, 0.29) is 49.1 Å². The predicted octanol–water partition coefficient (Wildman–Crippen LogP) is 3.19. The van der Waals surface area contributed by atoms with Gasteiger partial charge in [-0.3, -0.25) is 4.79 Å². The van der Waals surface area contributed by atoms with Crippen molar-refractivity contribution in [3.05, 3.63) is 70.9 Å². The van der Waals surface area contributed by atoms with Gasteiger partial charge >= 0.3 is 11.9 Å². The van der Waals surface area contributed by atoms with E-state index in [1.165, 1.54) is 24.7 Å². The second kappa shape index (κ2) is 11.7. The maximum absolute atomic E-state index is 13.0. The zero-order chi connectivity index (χ0) is 26.3. The first kappa shape index (κ1) is 26.7. The van der Waals surface area contributed by atoms with Crippen molar-refractivity contribution in [2.24, 2.45) is 0 Å². The minimum absolute atomic E-state index is 0.0108. The zero-order valence-corrected chi connectivity index (χ0v) is 21.3. The van der Waals surface area contributed by atoms with Gasteiger partial charge in [0.25, 0.3) is 5.91 Å². The van der Waals surface area contributed by atoms with E-state index in [0.29, 0.717) is 17.0 Å². The van der Waals surface area contributed by atoms with Crippen LogP contribution in [-0.4, -0.2) is 58.6 Å². The van der Waals surface area contributed by atoms with Gasteiger partial charge in [-0.1, -0.05) is 45.0 Å². The van der Waals surface area contributed by atoms with Crippen LogP contribution in [0.2, 0.25) is 0 Å². The van der Waals surface area contributed by atoms with Crippen molar-refractivity contribution < 1.29 is 33.3 Å². The second-order valence-electron chi connectivity index (χ2n) is 9.11. The summed E-state index contributed by atoms with van der Waals surface area (Å²) < 4.78 is 21.0. The van der Waals surface area contributed by atoms with Gasteiger partial charge in [0.05, 0.1) is 44.2 Å². The Morgan fingerprint density at radius 3 is 2.28 bits per heavy atom. The van der Waals surface area contributed by atoms with Crippen LogP contribution in [-0.2, 0) is 29.2 Å². The number of rotatable bonds is 8. The van der Waals surface area contributed by atoms with Crippen molar-refractivity contribution in [3.63, 3.8) is 0 Å². The molecule has 9 heteroatoms. The minimum atomic E-state index is -0.736. The summed E-state index contributed by atoms with van der Waals surface area (Å²) in [5, 5.41) is 2.83. The molecule has 0 saturated heterocycles. The summed E-state index contributed by atoms with van der Waals surface area (Å²) in [6.45, 7) is 6.80. The normalized spacial score (nSPS) is 13.8. The molecule has 0 fully saturated rings. The highest BCUT2D eigenvalue weighted by Gasteiger charge is 2.34. The molecule has 0 spiro atoms. The van der Waals surface area contributed by atoms with Crippen molar-refractivity contribution in [1.82, 2.24) is 5.32 Å². The lowest BCUT2D eigenvalue weighted by molar-refractivity contribution is -0.140. The molecule has 0 radical (unpaired) electrons. The molecule has 0 unspecified atom stereocenters. The maximum Gasteiger partial charge on any atom is 0.355 e. The third-order valence-electron chi connectivity index (χ3n) is 5.65.